The van der Waals surface area contributed by atoms with Gasteiger partial charge < -0.3 is 10.1 Å². The molecule has 0 saturated heterocycles. The van der Waals surface area contributed by atoms with E-state index in [1.54, 1.807) is 0 Å². The summed E-state index contributed by atoms with van der Waals surface area (Å²) in [6, 6.07) is 0.131. The second-order valence-electron chi connectivity index (χ2n) is 5.32. The van der Waals surface area contributed by atoms with Gasteiger partial charge in [-0.2, -0.15) is 0 Å². The lowest BCUT2D eigenvalue weighted by Gasteiger charge is -2.17. The lowest BCUT2D eigenvalue weighted by Crippen LogP contribution is -2.39. The van der Waals surface area contributed by atoms with E-state index in [4.69, 9.17) is 4.74 Å². The van der Waals surface area contributed by atoms with Crippen molar-refractivity contribution in [3.63, 3.8) is 0 Å². The monoisotopic (exact) mass is 227 g/mol. The van der Waals surface area contributed by atoms with Crippen LogP contribution in [0.5, 0.6) is 0 Å². The largest absolute Gasteiger partial charge is 0.379 e. The van der Waals surface area contributed by atoms with Gasteiger partial charge in [-0.15, -0.1) is 0 Å². The Kier molecular flexibility index (Phi) is 5.81. The summed E-state index contributed by atoms with van der Waals surface area (Å²) < 4.78 is 5.51. The third-order valence-corrected chi connectivity index (χ3v) is 2.93. The quantitative estimate of drug-likeness (QED) is 0.756. The van der Waals surface area contributed by atoms with Crippen LogP contribution in [0.1, 0.15) is 46.5 Å². The molecule has 0 aromatic heterocycles. The van der Waals surface area contributed by atoms with Crippen LogP contribution in [0.2, 0.25) is 0 Å². The maximum atomic E-state index is 11.8. The third kappa shape index (κ3) is 4.97. The summed E-state index contributed by atoms with van der Waals surface area (Å²) in [7, 11) is 0. The topological polar surface area (TPSA) is 38.3 Å². The van der Waals surface area contributed by atoms with Gasteiger partial charge in [0.1, 0.15) is 0 Å². The highest BCUT2D eigenvalue weighted by Gasteiger charge is 2.23. The average molecular weight is 227 g/mol. The zero-order chi connectivity index (χ0) is 12.0. The smallest absolute Gasteiger partial charge is 0.223 e. The van der Waals surface area contributed by atoms with Gasteiger partial charge in [0.2, 0.25) is 5.91 Å². The van der Waals surface area contributed by atoms with Gasteiger partial charge in [0.05, 0.1) is 6.61 Å². The highest BCUT2D eigenvalue weighted by atomic mass is 16.5. The molecule has 0 heterocycles. The first-order chi connectivity index (χ1) is 7.59. The Morgan fingerprint density at radius 1 is 1.25 bits per heavy atom. The molecule has 0 aromatic carbocycles. The molecule has 16 heavy (non-hydrogen) atoms. The standard InChI is InChI=1S/C13H25NO2/c1-10(2)8-16-9-11(3)14-13(15)12-6-4-5-7-12/h10-12H,4-9H2,1-3H3,(H,14,15)/t11-/m1/s1. The maximum Gasteiger partial charge on any atom is 0.223 e. The van der Waals surface area contributed by atoms with E-state index >= 15 is 0 Å². The molecule has 1 aliphatic rings. The van der Waals surface area contributed by atoms with E-state index < -0.39 is 0 Å². The molecule has 0 aromatic rings. The van der Waals surface area contributed by atoms with Crippen molar-refractivity contribution in [1.82, 2.24) is 5.32 Å². The van der Waals surface area contributed by atoms with Crippen LogP contribution in [0.3, 0.4) is 0 Å². The minimum Gasteiger partial charge on any atom is -0.379 e. The molecule has 1 saturated carbocycles. The van der Waals surface area contributed by atoms with Gasteiger partial charge in [-0.1, -0.05) is 26.7 Å². The number of carbonyl (C=O) groups is 1. The predicted molar refractivity (Wildman–Crippen MR) is 65.2 cm³/mol. The Morgan fingerprint density at radius 3 is 2.44 bits per heavy atom. The van der Waals surface area contributed by atoms with Gasteiger partial charge in [0.25, 0.3) is 0 Å². The maximum absolute atomic E-state index is 11.8. The molecule has 0 radical (unpaired) electrons. The summed E-state index contributed by atoms with van der Waals surface area (Å²) in [5.74, 6) is 1.03. The fourth-order valence-electron chi connectivity index (χ4n) is 2.07. The summed E-state index contributed by atoms with van der Waals surface area (Å²) in [4.78, 5) is 11.8. The Labute approximate surface area is 98.9 Å². The van der Waals surface area contributed by atoms with Crippen molar-refractivity contribution in [2.45, 2.75) is 52.5 Å². The van der Waals surface area contributed by atoms with Gasteiger partial charge in [0.15, 0.2) is 0 Å². The van der Waals surface area contributed by atoms with E-state index in [0.717, 1.165) is 19.4 Å². The summed E-state index contributed by atoms with van der Waals surface area (Å²) in [5, 5.41) is 3.03. The molecule has 0 bridgehead atoms. The highest BCUT2D eigenvalue weighted by Crippen LogP contribution is 2.24. The van der Waals surface area contributed by atoms with Crippen molar-refractivity contribution < 1.29 is 9.53 Å². The third-order valence-electron chi connectivity index (χ3n) is 2.93. The van der Waals surface area contributed by atoms with Crippen LogP contribution in [-0.4, -0.2) is 25.2 Å². The lowest BCUT2D eigenvalue weighted by atomic mass is 10.1. The fraction of sp³-hybridized carbons (Fsp3) is 0.923. The number of ether oxygens (including phenoxy) is 1. The molecule has 0 aliphatic heterocycles. The highest BCUT2D eigenvalue weighted by molar-refractivity contribution is 5.79. The van der Waals surface area contributed by atoms with E-state index in [-0.39, 0.29) is 17.9 Å². The number of hydrogen-bond acceptors (Lipinski definition) is 2. The molecule has 0 spiro atoms. The summed E-state index contributed by atoms with van der Waals surface area (Å²) >= 11 is 0. The van der Waals surface area contributed by atoms with Crippen molar-refractivity contribution in [3.8, 4) is 0 Å². The zero-order valence-corrected chi connectivity index (χ0v) is 10.8. The van der Waals surface area contributed by atoms with Gasteiger partial charge in [-0.25, -0.2) is 0 Å². The summed E-state index contributed by atoms with van der Waals surface area (Å²) in [5.41, 5.74) is 0. The second-order valence-corrected chi connectivity index (χ2v) is 5.32. The van der Waals surface area contributed by atoms with Crippen molar-refractivity contribution in [3.05, 3.63) is 0 Å². The first kappa shape index (κ1) is 13.5. The molecular formula is C13H25NO2. The molecule has 0 unspecified atom stereocenters. The van der Waals surface area contributed by atoms with Gasteiger partial charge in [0, 0.05) is 18.6 Å². The molecule has 3 nitrogen and oxygen atoms in total. The Balaban J connectivity index is 2.12. The summed E-state index contributed by atoms with van der Waals surface area (Å²) in [6.45, 7) is 7.65. The van der Waals surface area contributed by atoms with Crippen molar-refractivity contribution in [2.75, 3.05) is 13.2 Å². The van der Waals surface area contributed by atoms with Crippen LogP contribution in [0, 0.1) is 11.8 Å². The van der Waals surface area contributed by atoms with E-state index in [0.29, 0.717) is 12.5 Å². The minimum absolute atomic E-state index is 0.131. The van der Waals surface area contributed by atoms with Crippen LogP contribution >= 0.6 is 0 Å². The van der Waals surface area contributed by atoms with Crippen LogP contribution in [0.4, 0.5) is 0 Å². The Morgan fingerprint density at radius 2 is 1.88 bits per heavy atom. The predicted octanol–water partition coefficient (Wildman–Crippen LogP) is 2.35. The molecule has 3 heteroatoms. The fourth-order valence-corrected chi connectivity index (χ4v) is 2.07. The number of amides is 1. The molecule has 1 rings (SSSR count). The number of hydrogen-bond donors (Lipinski definition) is 1. The first-order valence-electron chi connectivity index (χ1n) is 6.47. The normalized spacial score (nSPS) is 19.0. The average Bonchev–Trinajstić information content (AvgIpc) is 2.69. The zero-order valence-electron chi connectivity index (χ0n) is 10.8. The van der Waals surface area contributed by atoms with E-state index in [9.17, 15) is 4.79 Å². The molecule has 1 fully saturated rings. The second kappa shape index (κ2) is 6.89. The lowest BCUT2D eigenvalue weighted by molar-refractivity contribution is -0.125. The molecule has 1 N–H and O–H groups in total. The van der Waals surface area contributed by atoms with Gasteiger partial charge in [-0.05, 0) is 25.7 Å². The number of rotatable bonds is 6. The van der Waals surface area contributed by atoms with E-state index in [1.165, 1.54) is 12.8 Å². The van der Waals surface area contributed by atoms with E-state index in [1.807, 2.05) is 6.92 Å². The van der Waals surface area contributed by atoms with Crippen LogP contribution in [-0.2, 0) is 9.53 Å². The van der Waals surface area contributed by atoms with Crippen molar-refractivity contribution >= 4 is 5.91 Å². The SMILES string of the molecule is CC(C)COC[C@@H](C)NC(=O)C1CCCC1. The Bertz CT molecular complexity index is 210. The van der Waals surface area contributed by atoms with Crippen LogP contribution in [0.25, 0.3) is 0 Å². The molecule has 1 amide bonds. The number of nitrogens with one attached hydrogen (secondary N) is 1. The molecule has 1 atom stereocenters. The number of carbonyl (C=O) groups excluding carboxylic acids is 1. The molecule has 1 aliphatic carbocycles. The minimum atomic E-state index is 0.131. The summed E-state index contributed by atoms with van der Waals surface area (Å²) in [6.07, 6.45) is 4.53. The molecular weight excluding hydrogens is 202 g/mol. The van der Waals surface area contributed by atoms with Crippen molar-refractivity contribution in [2.24, 2.45) is 11.8 Å². The van der Waals surface area contributed by atoms with Crippen molar-refractivity contribution in [1.29, 1.82) is 0 Å². The van der Waals surface area contributed by atoms with Gasteiger partial charge >= 0.3 is 0 Å². The molecule has 94 valence electrons. The Hall–Kier alpha value is -0.570. The van der Waals surface area contributed by atoms with Crippen LogP contribution < -0.4 is 5.32 Å². The van der Waals surface area contributed by atoms with E-state index in [2.05, 4.69) is 19.2 Å². The van der Waals surface area contributed by atoms with Gasteiger partial charge in [-0.3, -0.25) is 4.79 Å². The van der Waals surface area contributed by atoms with Crippen LogP contribution in [0.15, 0.2) is 0 Å². The first-order valence-corrected chi connectivity index (χ1v) is 6.47.